The molecule has 0 atom stereocenters. The Hall–Kier alpha value is -1.38. The van der Waals surface area contributed by atoms with Gasteiger partial charge in [-0.2, -0.15) is 0 Å². The van der Waals surface area contributed by atoms with Gasteiger partial charge in [0.15, 0.2) is 0 Å². The van der Waals surface area contributed by atoms with E-state index >= 15 is 0 Å². The Bertz CT molecular complexity index is 386. The fourth-order valence-electron chi connectivity index (χ4n) is 1.68. The van der Waals surface area contributed by atoms with Crippen molar-refractivity contribution < 1.29 is 13.9 Å². The smallest absolute Gasteiger partial charge is 0.341 e. The Morgan fingerprint density at radius 2 is 1.75 bits per heavy atom. The van der Waals surface area contributed by atoms with Gasteiger partial charge >= 0.3 is 5.97 Å². The number of hydrogen-bond donors (Lipinski definition) is 0. The maximum Gasteiger partial charge on any atom is 0.341 e. The molecule has 0 unspecified atom stereocenters. The van der Waals surface area contributed by atoms with E-state index in [4.69, 9.17) is 4.74 Å². The molecule has 0 saturated carbocycles. The second-order valence-corrected chi connectivity index (χ2v) is 3.53. The Labute approximate surface area is 95.4 Å². The van der Waals surface area contributed by atoms with Crippen LogP contribution >= 0.6 is 0 Å². The molecule has 0 aromatic heterocycles. The lowest BCUT2D eigenvalue weighted by Gasteiger charge is -2.09. The van der Waals surface area contributed by atoms with E-state index in [1.165, 1.54) is 6.07 Å². The lowest BCUT2D eigenvalue weighted by molar-refractivity contribution is 0.0521. The first-order valence-electron chi connectivity index (χ1n) is 5.62. The van der Waals surface area contributed by atoms with Crippen molar-refractivity contribution in [2.45, 2.75) is 33.6 Å². The molecule has 0 aliphatic heterocycles. The third-order valence-electron chi connectivity index (χ3n) is 2.55. The first kappa shape index (κ1) is 12.7. The first-order valence-corrected chi connectivity index (χ1v) is 5.62. The molecule has 16 heavy (non-hydrogen) atoms. The second-order valence-electron chi connectivity index (χ2n) is 3.53. The van der Waals surface area contributed by atoms with Crippen LogP contribution in [0.25, 0.3) is 0 Å². The summed E-state index contributed by atoms with van der Waals surface area (Å²) in [6.07, 6.45) is 1.55. The van der Waals surface area contributed by atoms with Crippen LogP contribution in [0.5, 0.6) is 0 Å². The molecule has 1 rings (SSSR count). The van der Waals surface area contributed by atoms with Crippen LogP contribution < -0.4 is 0 Å². The van der Waals surface area contributed by atoms with Crippen molar-refractivity contribution in [3.8, 4) is 0 Å². The molecule has 88 valence electrons. The Morgan fingerprint density at radius 3 is 2.25 bits per heavy atom. The van der Waals surface area contributed by atoms with Crippen LogP contribution in [-0.2, 0) is 17.6 Å². The van der Waals surface area contributed by atoms with Crippen molar-refractivity contribution in [2.24, 2.45) is 0 Å². The minimum absolute atomic E-state index is 0.0379. The van der Waals surface area contributed by atoms with Crippen molar-refractivity contribution in [1.29, 1.82) is 0 Å². The molecule has 1 aromatic carbocycles. The van der Waals surface area contributed by atoms with Gasteiger partial charge in [-0.15, -0.1) is 0 Å². The summed E-state index contributed by atoms with van der Waals surface area (Å²) in [4.78, 5) is 11.5. The molecule has 3 heteroatoms. The number of ether oxygens (including phenoxy) is 1. The fraction of sp³-hybridized carbons (Fsp3) is 0.462. The van der Waals surface area contributed by atoms with Gasteiger partial charge in [-0.05, 0) is 43.0 Å². The van der Waals surface area contributed by atoms with E-state index in [0.717, 1.165) is 24.0 Å². The number of rotatable bonds is 4. The summed E-state index contributed by atoms with van der Waals surface area (Å²) < 4.78 is 18.4. The number of halogens is 1. The van der Waals surface area contributed by atoms with Crippen molar-refractivity contribution in [1.82, 2.24) is 0 Å². The van der Waals surface area contributed by atoms with E-state index in [2.05, 4.69) is 0 Å². The lowest BCUT2D eigenvalue weighted by Crippen LogP contribution is -2.09. The summed E-state index contributed by atoms with van der Waals surface area (Å²) in [5, 5.41) is 0. The summed E-state index contributed by atoms with van der Waals surface area (Å²) in [6.45, 7) is 5.92. The quantitative estimate of drug-likeness (QED) is 0.734. The molecular weight excluding hydrogens is 207 g/mol. The summed E-state index contributed by atoms with van der Waals surface area (Å²) in [7, 11) is 0. The van der Waals surface area contributed by atoms with Crippen LogP contribution in [0.2, 0.25) is 0 Å². The fourth-order valence-corrected chi connectivity index (χ4v) is 1.68. The zero-order chi connectivity index (χ0) is 12.1. The average Bonchev–Trinajstić information content (AvgIpc) is 2.28. The number of carbonyl (C=O) groups excluding carboxylic acids is 1. The van der Waals surface area contributed by atoms with Crippen LogP contribution in [0.3, 0.4) is 0 Å². The number of carbonyl (C=O) groups is 1. The molecule has 0 radical (unpaired) electrons. The number of benzene rings is 1. The molecule has 0 heterocycles. The molecule has 0 aliphatic rings. The van der Waals surface area contributed by atoms with Crippen LogP contribution in [-0.4, -0.2) is 12.6 Å². The van der Waals surface area contributed by atoms with Gasteiger partial charge < -0.3 is 4.74 Å². The SMILES string of the molecule is CCOC(=O)c1cc(CC)c(CC)cc1F. The lowest BCUT2D eigenvalue weighted by atomic mass is 9.99. The predicted octanol–water partition coefficient (Wildman–Crippen LogP) is 3.13. The second kappa shape index (κ2) is 5.64. The minimum Gasteiger partial charge on any atom is -0.462 e. The Kier molecular flexibility index (Phi) is 4.47. The monoisotopic (exact) mass is 224 g/mol. The zero-order valence-corrected chi connectivity index (χ0v) is 9.97. The van der Waals surface area contributed by atoms with Gasteiger partial charge in [0.05, 0.1) is 12.2 Å². The minimum atomic E-state index is -0.586. The largest absolute Gasteiger partial charge is 0.462 e. The van der Waals surface area contributed by atoms with Gasteiger partial charge in [0.1, 0.15) is 5.82 Å². The van der Waals surface area contributed by atoms with Gasteiger partial charge in [0.2, 0.25) is 0 Å². The molecule has 2 nitrogen and oxygen atoms in total. The standard InChI is InChI=1S/C13H17FO2/c1-4-9-7-11(13(15)16-6-3)12(14)8-10(9)5-2/h7-8H,4-6H2,1-3H3. The summed E-state index contributed by atoms with van der Waals surface area (Å²) in [6, 6.07) is 3.04. The van der Waals surface area contributed by atoms with E-state index in [1.54, 1.807) is 13.0 Å². The summed E-state index contributed by atoms with van der Waals surface area (Å²) in [5.74, 6) is -1.08. The van der Waals surface area contributed by atoms with Gasteiger partial charge in [-0.3, -0.25) is 0 Å². The van der Waals surface area contributed by atoms with Gasteiger partial charge in [0.25, 0.3) is 0 Å². The van der Waals surface area contributed by atoms with Crippen molar-refractivity contribution in [2.75, 3.05) is 6.61 Å². The first-order chi connectivity index (χ1) is 7.63. The van der Waals surface area contributed by atoms with Crippen LogP contribution in [0.4, 0.5) is 4.39 Å². The summed E-state index contributed by atoms with van der Waals surface area (Å²) in [5.41, 5.74) is 2.00. The molecular formula is C13H17FO2. The predicted molar refractivity (Wildman–Crippen MR) is 61.1 cm³/mol. The molecule has 0 N–H and O–H groups in total. The van der Waals surface area contributed by atoms with Crippen molar-refractivity contribution in [3.05, 3.63) is 34.6 Å². The Balaban J connectivity index is 3.15. The van der Waals surface area contributed by atoms with Gasteiger partial charge in [0, 0.05) is 0 Å². The average molecular weight is 224 g/mol. The third kappa shape index (κ3) is 2.60. The van der Waals surface area contributed by atoms with Crippen molar-refractivity contribution >= 4 is 5.97 Å². The highest BCUT2D eigenvalue weighted by Gasteiger charge is 2.15. The molecule has 0 spiro atoms. The molecule has 0 aliphatic carbocycles. The number of hydrogen-bond acceptors (Lipinski definition) is 2. The van der Waals surface area contributed by atoms with E-state index < -0.39 is 11.8 Å². The van der Waals surface area contributed by atoms with E-state index in [1.807, 2.05) is 13.8 Å². The Morgan fingerprint density at radius 1 is 1.19 bits per heavy atom. The third-order valence-corrected chi connectivity index (χ3v) is 2.55. The highest BCUT2D eigenvalue weighted by atomic mass is 19.1. The van der Waals surface area contributed by atoms with Crippen LogP contribution in [0.1, 0.15) is 42.3 Å². The van der Waals surface area contributed by atoms with E-state index in [0.29, 0.717) is 0 Å². The number of aryl methyl sites for hydroxylation is 2. The van der Waals surface area contributed by atoms with Crippen molar-refractivity contribution in [3.63, 3.8) is 0 Å². The van der Waals surface area contributed by atoms with E-state index in [9.17, 15) is 9.18 Å². The topological polar surface area (TPSA) is 26.3 Å². The maximum atomic E-state index is 13.6. The molecule has 0 bridgehead atoms. The van der Waals surface area contributed by atoms with E-state index in [-0.39, 0.29) is 12.2 Å². The molecule has 0 fully saturated rings. The highest BCUT2D eigenvalue weighted by Crippen LogP contribution is 2.18. The van der Waals surface area contributed by atoms with Crippen LogP contribution in [0, 0.1) is 5.82 Å². The molecule has 1 aromatic rings. The highest BCUT2D eigenvalue weighted by molar-refractivity contribution is 5.90. The van der Waals surface area contributed by atoms with Crippen LogP contribution in [0.15, 0.2) is 12.1 Å². The zero-order valence-electron chi connectivity index (χ0n) is 9.97. The molecule has 0 saturated heterocycles. The number of esters is 1. The maximum absolute atomic E-state index is 13.6. The van der Waals surface area contributed by atoms with Gasteiger partial charge in [-0.1, -0.05) is 13.8 Å². The summed E-state index contributed by atoms with van der Waals surface area (Å²) >= 11 is 0. The normalized spacial score (nSPS) is 10.2. The molecule has 0 amide bonds. The van der Waals surface area contributed by atoms with Gasteiger partial charge in [-0.25, -0.2) is 9.18 Å².